The summed E-state index contributed by atoms with van der Waals surface area (Å²) in [6.45, 7) is 2.27. The van der Waals surface area contributed by atoms with Crippen LogP contribution in [0, 0.1) is 5.92 Å². The summed E-state index contributed by atoms with van der Waals surface area (Å²) in [5.41, 5.74) is 4.78. The number of para-hydroxylation sites is 2. The lowest BCUT2D eigenvalue weighted by Gasteiger charge is -2.30. The first-order valence-electron chi connectivity index (χ1n) is 10.4. The van der Waals surface area contributed by atoms with Gasteiger partial charge in [-0.2, -0.15) is 0 Å². The highest BCUT2D eigenvalue weighted by molar-refractivity contribution is 7.97. The second kappa shape index (κ2) is 8.44. The zero-order chi connectivity index (χ0) is 19.5. The van der Waals surface area contributed by atoms with Gasteiger partial charge in [-0.05, 0) is 66.1 Å². The van der Waals surface area contributed by atoms with E-state index in [-0.39, 0.29) is 0 Å². The summed E-state index contributed by atoms with van der Waals surface area (Å²) in [5.74, 6) is 1.85. The number of nitrogens with zero attached hydrogens (tertiary/aromatic N) is 2. The quantitative estimate of drug-likeness (QED) is 0.406. The number of fused-ring (bicyclic) bond motifs is 1. The number of aromatic amines is 1. The molecule has 0 bridgehead atoms. The lowest BCUT2D eigenvalue weighted by atomic mass is 9.94. The Balaban J connectivity index is 1.15. The molecule has 0 saturated carbocycles. The number of nitrogens with one attached hydrogen (secondary N) is 1. The van der Waals surface area contributed by atoms with E-state index in [9.17, 15) is 0 Å². The lowest BCUT2D eigenvalue weighted by molar-refractivity contribution is 0.288. The fourth-order valence-electron chi connectivity index (χ4n) is 4.07. The predicted molar refractivity (Wildman–Crippen MR) is 122 cm³/mol. The molecule has 4 heteroatoms. The third-order valence-electron chi connectivity index (χ3n) is 5.69. The van der Waals surface area contributed by atoms with Gasteiger partial charge in [0.05, 0.1) is 11.0 Å². The average Bonchev–Trinajstić information content (AvgIpc) is 3.19. The first-order chi connectivity index (χ1) is 14.3. The molecule has 5 rings (SSSR count). The van der Waals surface area contributed by atoms with E-state index in [0.29, 0.717) is 5.92 Å². The number of hydrogen-bond donors (Lipinski definition) is 1. The molecule has 1 N–H and O–H groups in total. The van der Waals surface area contributed by atoms with Crippen molar-refractivity contribution in [3.05, 3.63) is 84.7 Å². The molecule has 0 spiro atoms. The molecule has 2 heterocycles. The SMILES string of the molecule is c1ccc(-c2ccc(SN3CCC(Cc4nc5ccccc5[nH]4)CC3)cc2)cc1. The van der Waals surface area contributed by atoms with Crippen LogP contribution in [0.5, 0.6) is 0 Å². The fraction of sp³-hybridized carbons (Fsp3) is 0.240. The molecule has 0 aliphatic carbocycles. The zero-order valence-corrected chi connectivity index (χ0v) is 17.2. The molecule has 1 aromatic heterocycles. The highest BCUT2D eigenvalue weighted by atomic mass is 32.2. The van der Waals surface area contributed by atoms with E-state index in [1.807, 2.05) is 11.9 Å². The summed E-state index contributed by atoms with van der Waals surface area (Å²) < 4.78 is 2.51. The largest absolute Gasteiger partial charge is 0.342 e. The zero-order valence-electron chi connectivity index (χ0n) is 16.4. The number of piperidine rings is 1. The van der Waals surface area contributed by atoms with Crippen LogP contribution in [-0.4, -0.2) is 27.4 Å². The molecule has 3 aromatic carbocycles. The summed E-state index contributed by atoms with van der Waals surface area (Å²) in [5, 5.41) is 0. The van der Waals surface area contributed by atoms with E-state index < -0.39 is 0 Å². The van der Waals surface area contributed by atoms with Crippen molar-refractivity contribution in [2.24, 2.45) is 5.92 Å². The van der Waals surface area contributed by atoms with Crippen LogP contribution in [0.4, 0.5) is 0 Å². The van der Waals surface area contributed by atoms with Crippen molar-refractivity contribution in [1.82, 2.24) is 14.3 Å². The minimum Gasteiger partial charge on any atom is -0.342 e. The minimum atomic E-state index is 0.716. The van der Waals surface area contributed by atoms with E-state index >= 15 is 0 Å². The van der Waals surface area contributed by atoms with Gasteiger partial charge in [0, 0.05) is 24.4 Å². The number of hydrogen-bond acceptors (Lipinski definition) is 3. The fourth-order valence-corrected chi connectivity index (χ4v) is 5.02. The van der Waals surface area contributed by atoms with E-state index in [4.69, 9.17) is 4.98 Å². The van der Waals surface area contributed by atoms with Crippen LogP contribution in [0.25, 0.3) is 22.2 Å². The molecule has 4 aromatic rings. The Bertz CT molecular complexity index is 1030. The number of imidazole rings is 1. The molecule has 1 aliphatic rings. The van der Waals surface area contributed by atoms with Gasteiger partial charge >= 0.3 is 0 Å². The van der Waals surface area contributed by atoms with Gasteiger partial charge in [0.25, 0.3) is 0 Å². The number of rotatable bonds is 5. The molecule has 0 atom stereocenters. The molecule has 1 aliphatic heterocycles. The van der Waals surface area contributed by atoms with Crippen LogP contribution in [0.3, 0.4) is 0 Å². The van der Waals surface area contributed by atoms with Crippen molar-refractivity contribution in [3.63, 3.8) is 0 Å². The Labute approximate surface area is 176 Å². The summed E-state index contributed by atoms with van der Waals surface area (Å²) in [6, 6.07) is 27.8. The molecule has 1 saturated heterocycles. The van der Waals surface area contributed by atoms with Crippen LogP contribution < -0.4 is 0 Å². The first kappa shape index (κ1) is 18.5. The van der Waals surface area contributed by atoms with Crippen LogP contribution in [-0.2, 0) is 6.42 Å². The third kappa shape index (κ3) is 4.39. The van der Waals surface area contributed by atoms with Crippen LogP contribution in [0.15, 0.2) is 83.8 Å². The summed E-state index contributed by atoms with van der Waals surface area (Å²) >= 11 is 1.89. The van der Waals surface area contributed by atoms with Gasteiger partial charge in [-0.3, -0.25) is 0 Å². The van der Waals surface area contributed by atoms with Crippen molar-refractivity contribution < 1.29 is 0 Å². The predicted octanol–water partition coefficient (Wildman–Crippen LogP) is 6.19. The molecular formula is C25H25N3S. The standard InChI is InChI=1S/C25H25N3S/c1-2-6-20(7-3-1)21-10-12-22(13-11-21)29-28-16-14-19(15-17-28)18-25-26-23-8-4-5-9-24(23)27-25/h1-13,19H,14-18H2,(H,26,27). The van der Waals surface area contributed by atoms with Crippen molar-refractivity contribution in [2.45, 2.75) is 24.2 Å². The van der Waals surface area contributed by atoms with Gasteiger partial charge in [0.1, 0.15) is 5.82 Å². The van der Waals surface area contributed by atoms with Gasteiger partial charge in [0.15, 0.2) is 0 Å². The molecular weight excluding hydrogens is 374 g/mol. The normalized spacial score (nSPS) is 15.7. The summed E-state index contributed by atoms with van der Waals surface area (Å²) in [4.78, 5) is 9.55. The Morgan fingerprint density at radius 1 is 0.828 bits per heavy atom. The number of H-pyrrole nitrogens is 1. The lowest BCUT2D eigenvalue weighted by Crippen LogP contribution is -2.29. The highest BCUT2D eigenvalue weighted by Gasteiger charge is 2.21. The van der Waals surface area contributed by atoms with Gasteiger partial charge in [0.2, 0.25) is 0 Å². The number of aromatic nitrogens is 2. The van der Waals surface area contributed by atoms with Gasteiger partial charge < -0.3 is 4.98 Å². The molecule has 0 radical (unpaired) electrons. The average molecular weight is 400 g/mol. The summed E-state index contributed by atoms with van der Waals surface area (Å²) in [6.07, 6.45) is 3.51. The monoisotopic (exact) mass is 399 g/mol. The first-order valence-corrected chi connectivity index (χ1v) is 11.1. The van der Waals surface area contributed by atoms with Gasteiger partial charge in [-0.1, -0.05) is 54.6 Å². The van der Waals surface area contributed by atoms with Gasteiger partial charge in [-0.25, -0.2) is 9.29 Å². The summed E-state index contributed by atoms with van der Waals surface area (Å²) in [7, 11) is 0. The molecule has 0 amide bonds. The second-order valence-corrected chi connectivity index (χ2v) is 8.93. The minimum absolute atomic E-state index is 0.716. The molecule has 0 unspecified atom stereocenters. The van der Waals surface area contributed by atoms with Crippen LogP contribution >= 0.6 is 11.9 Å². The van der Waals surface area contributed by atoms with Crippen LogP contribution in [0.2, 0.25) is 0 Å². The maximum Gasteiger partial charge on any atom is 0.107 e. The van der Waals surface area contributed by atoms with Crippen LogP contribution in [0.1, 0.15) is 18.7 Å². The molecule has 29 heavy (non-hydrogen) atoms. The van der Waals surface area contributed by atoms with Crippen molar-refractivity contribution in [1.29, 1.82) is 0 Å². The Kier molecular flexibility index (Phi) is 5.37. The molecule has 3 nitrogen and oxygen atoms in total. The molecule has 1 fully saturated rings. The third-order valence-corrected chi connectivity index (χ3v) is 6.80. The highest BCUT2D eigenvalue weighted by Crippen LogP contribution is 2.31. The number of benzene rings is 3. The molecule has 146 valence electrons. The Hall–Kier alpha value is -2.56. The van der Waals surface area contributed by atoms with E-state index in [1.165, 1.54) is 28.9 Å². The maximum atomic E-state index is 4.75. The Morgan fingerprint density at radius 2 is 1.52 bits per heavy atom. The van der Waals surface area contributed by atoms with Crippen molar-refractivity contribution >= 4 is 23.0 Å². The topological polar surface area (TPSA) is 31.9 Å². The smallest absolute Gasteiger partial charge is 0.107 e. The van der Waals surface area contributed by atoms with E-state index in [0.717, 1.165) is 36.4 Å². The van der Waals surface area contributed by atoms with E-state index in [2.05, 4.69) is 88.2 Å². The van der Waals surface area contributed by atoms with Crippen molar-refractivity contribution in [3.8, 4) is 11.1 Å². The van der Waals surface area contributed by atoms with Gasteiger partial charge in [-0.15, -0.1) is 0 Å². The van der Waals surface area contributed by atoms with E-state index in [1.54, 1.807) is 0 Å². The van der Waals surface area contributed by atoms with Crippen molar-refractivity contribution in [2.75, 3.05) is 13.1 Å². The second-order valence-electron chi connectivity index (χ2n) is 7.76. The maximum absolute atomic E-state index is 4.75. The Morgan fingerprint density at radius 3 is 2.28 bits per heavy atom.